The second-order valence-corrected chi connectivity index (χ2v) is 4.31. The number of methoxy groups -OCH3 is 1. The van der Waals surface area contributed by atoms with E-state index in [0.29, 0.717) is 18.6 Å². The molecule has 0 aromatic carbocycles. The fourth-order valence-corrected chi connectivity index (χ4v) is 1.42. The second-order valence-electron chi connectivity index (χ2n) is 4.31. The third-order valence-corrected chi connectivity index (χ3v) is 2.49. The SMILES string of the molecule is CCNC(=NCC(=O)NC1CC1)NCCCOC.I. The lowest BCUT2D eigenvalue weighted by Crippen LogP contribution is -2.39. The number of guanidine groups is 1. The molecule has 1 fully saturated rings. The van der Waals surface area contributed by atoms with Crippen LogP contribution in [0.4, 0.5) is 0 Å². The highest BCUT2D eigenvalue weighted by Crippen LogP contribution is 2.18. The van der Waals surface area contributed by atoms with E-state index in [-0.39, 0.29) is 36.4 Å². The molecule has 19 heavy (non-hydrogen) atoms. The number of halogens is 1. The van der Waals surface area contributed by atoms with Gasteiger partial charge < -0.3 is 20.7 Å². The van der Waals surface area contributed by atoms with Crippen LogP contribution in [0.1, 0.15) is 26.2 Å². The van der Waals surface area contributed by atoms with Gasteiger partial charge in [-0.25, -0.2) is 4.99 Å². The summed E-state index contributed by atoms with van der Waals surface area (Å²) in [5, 5.41) is 9.17. The van der Waals surface area contributed by atoms with Crippen LogP contribution in [0, 0.1) is 0 Å². The molecule has 3 N–H and O–H groups in total. The van der Waals surface area contributed by atoms with Gasteiger partial charge in [-0.05, 0) is 26.2 Å². The van der Waals surface area contributed by atoms with Crippen molar-refractivity contribution in [3.05, 3.63) is 0 Å². The van der Waals surface area contributed by atoms with Crippen molar-refractivity contribution in [1.82, 2.24) is 16.0 Å². The first-order valence-corrected chi connectivity index (χ1v) is 6.56. The number of hydrogen-bond acceptors (Lipinski definition) is 3. The quantitative estimate of drug-likeness (QED) is 0.246. The first-order chi connectivity index (χ1) is 8.76. The molecule has 1 rings (SSSR count). The Morgan fingerprint density at radius 2 is 2.11 bits per heavy atom. The third kappa shape index (κ3) is 9.94. The highest BCUT2D eigenvalue weighted by Gasteiger charge is 2.22. The molecule has 0 aromatic rings. The average Bonchev–Trinajstić information content (AvgIpc) is 3.15. The van der Waals surface area contributed by atoms with E-state index in [4.69, 9.17) is 4.74 Å². The van der Waals surface area contributed by atoms with Crippen molar-refractivity contribution in [3.63, 3.8) is 0 Å². The summed E-state index contributed by atoms with van der Waals surface area (Å²) < 4.78 is 4.97. The molecule has 0 unspecified atom stereocenters. The van der Waals surface area contributed by atoms with Gasteiger partial charge in [-0.1, -0.05) is 0 Å². The molecule has 0 aliphatic heterocycles. The molecule has 112 valence electrons. The van der Waals surface area contributed by atoms with Gasteiger partial charge in [-0.3, -0.25) is 4.79 Å². The van der Waals surface area contributed by atoms with Gasteiger partial charge in [0.2, 0.25) is 5.91 Å². The third-order valence-electron chi connectivity index (χ3n) is 2.49. The molecular weight excluding hydrogens is 359 g/mol. The smallest absolute Gasteiger partial charge is 0.242 e. The predicted molar refractivity (Wildman–Crippen MR) is 87.1 cm³/mol. The summed E-state index contributed by atoms with van der Waals surface area (Å²) in [6.07, 6.45) is 3.12. The standard InChI is InChI=1S/C12H24N4O2.HI/c1-3-13-12(14-7-4-8-18-2)15-9-11(17)16-10-5-6-10;/h10H,3-9H2,1-2H3,(H,16,17)(H2,13,14,15);1H. The molecular formula is C12H25IN4O2. The van der Waals surface area contributed by atoms with Crippen LogP contribution >= 0.6 is 24.0 Å². The Balaban J connectivity index is 0.00000324. The number of nitrogens with zero attached hydrogens (tertiary/aromatic N) is 1. The number of aliphatic imine (C=N–C) groups is 1. The van der Waals surface area contributed by atoms with Crippen molar-refractivity contribution in [2.45, 2.75) is 32.2 Å². The Morgan fingerprint density at radius 1 is 1.37 bits per heavy atom. The Bertz CT molecular complexity index is 283. The maximum absolute atomic E-state index is 11.5. The number of amides is 1. The van der Waals surface area contributed by atoms with Gasteiger partial charge in [-0.2, -0.15) is 0 Å². The zero-order chi connectivity index (χ0) is 13.2. The summed E-state index contributed by atoms with van der Waals surface area (Å²) >= 11 is 0. The Morgan fingerprint density at radius 3 is 2.68 bits per heavy atom. The molecule has 0 atom stereocenters. The van der Waals surface area contributed by atoms with Gasteiger partial charge >= 0.3 is 0 Å². The molecule has 7 heteroatoms. The minimum absolute atomic E-state index is 0. The molecule has 6 nitrogen and oxygen atoms in total. The monoisotopic (exact) mass is 384 g/mol. The molecule has 0 spiro atoms. The average molecular weight is 384 g/mol. The fraction of sp³-hybridized carbons (Fsp3) is 0.833. The highest BCUT2D eigenvalue weighted by atomic mass is 127. The lowest BCUT2D eigenvalue weighted by molar-refractivity contribution is -0.119. The zero-order valence-electron chi connectivity index (χ0n) is 11.7. The van der Waals surface area contributed by atoms with Crippen LogP contribution in [-0.4, -0.2) is 51.3 Å². The molecule has 1 aliphatic carbocycles. The number of hydrogen-bond donors (Lipinski definition) is 3. The van der Waals surface area contributed by atoms with Crippen molar-refractivity contribution in [2.75, 3.05) is 33.4 Å². The van der Waals surface area contributed by atoms with E-state index in [0.717, 1.165) is 32.4 Å². The van der Waals surface area contributed by atoms with Crippen LogP contribution in [0.25, 0.3) is 0 Å². The Hall–Kier alpha value is -0.570. The summed E-state index contributed by atoms with van der Waals surface area (Å²) in [4.78, 5) is 15.7. The maximum atomic E-state index is 11.5. The van der Waals surface area contributed by atoms with E-state index < -0.39 is 0 Å². The van der Waals surface area contributed by atoms with Crippen LogP contribution in [0.15, 0.2) is 4.99 Å². The summed E-state index contributed by atoms with van der Waals surface area (Å²) in [7, 11) is 1.68. The van der Waals surface area contributed by atoms with Crippen molar-refractivity contribution < 1.29 is 9.53 Å². The molecule has 0 bridgehead atoms. The van der Waals surface area contributed by atoms with Gasteiger partial charge in [0.25, 0.3) is 0 Å². The van der Waals surface area contributed by atoms with Crippen molar-refractivity contribution in [1.29, 1.82) is 0 Å². The summed E-state index contributed by atoms with van der Waals surface area (Å²) in [6, 6.07) is 0.393. The minimum atomic E-state index is -0.00778. The molecule has 0 radical (unpaired) electrons. The Labute approximate surface area is 132 Å². The van der Waals surface area contributed by atoms with Gasteiger partial charge in [-0.15, -0.1) is 24.0 Å². The summed E-state index contributed by atoms with van der Waals surface area (Å²) in [5.74, 6) is 0.672. The van der Waals surface area contributed by atoms with Crippen molar-refractivity contribution in [2.24, 2.45) is 4.99 Å². The topological polar surface area (TPSA) is 74.8 Å². The predicted octanol–water partition coefficient (Wildman–Crippen LogP) is 0.475. The van der Waals surface area contributed by atoms with Gasteiger partial charge in [0.15, 0.2) is 5.96 Å². The maximum Gasteiger partial charge on any atom is 0.242 e. The number of carbonyl (C=O) groups is 1. The van der Waals surface area contributed by atoms with Crippen LogP contribution in [0.5, 0.6) is 0 Å². The first-order valence-electron chi connectivity index (χ1n) is 6.56. The first kappa shape index (κ1) is 18.4. The van der Waals surface area contributed by atoms with E-state index in [1.54, 1.807) is 7.11 Å². The largest absolute Gasteiger partial charge is 0.385 e. The minimum Gasteiger partial charge on any atom is -0.385 e. The van der Waals surface area contributed by atoms with E-state index >= 15 is 0 Å². The lowest BCUT2D eigenvalue weighted by atomic mass is 10.4. The second kappa shape index (κ2) is 11.3. The molecule has 0 saturated heterocycles. The van der Waals surface area contributed by atoms with Crippen LogP contribution in [0.2, 0.25) is 0 Å². The Kier molecular flexibility index (Phi) is 10.9. The van der Waals surface area contributed by atoms with Gasteiger partial charge in [0, 0.05) is 32.8 Å². The van der Waals surface area contributed by atoms with E-state index in [9.17, 15) is 4.79 Å². The van der Waals surface area contributed by atoms with Crippen LogP contribution in [0.3, 0.4) is 0 Å². The van der Waals surface area contributed by atoms with E-state index in [1.165, 1.54) is 0 Å². The van der Waals surface area contributed by atoms with Gasteiger partial charge in [0.1, 0.15) is 6.54 Å². The molecule has 1 amide bonds. The van der Waals surface area contributed by atoms with Crippen molar-refractivity contribution in [3.8, 4) is 0 Å². The number of ether oxygens (including phenoxy) is 1. The number of carbonyl (C=O) groups excluding carboxylic acids is 1. The number of nitrogens with one attached hydrogen (secondary N) is 3. The molecule has 1 saturated carbocycles. The van der Waals surface area contributed by atoms with Crippen LogP contribution < -0.4 is 16.0 Å². The van der Waals surface area contributed by atoms with Crippen molar-refractivity contribution >= 4 is 35.8 Å². The zero-order valence-corrected chi connectivity index (χ0v) is 14.0. The normalized spacial score (nSPS) is 14.5. The lowest BCUT2D eigenvalue weighted by Gasteiger charge is -2.10. The molecule has 1 aliphatic rings. The molecule has 0 aromatic heterocycles. The number of rotatable bonds is 8. The van der Waals surface area contributed by atoms with E-state index in [1.807, 2.05) is 6.92 Å². The molecule has 0 heterocycles. The van der Waals surface area contributed by atoms with Crippen LogP contribution in [-0.2, 0) is 9.53 Å². The van der Waals surface area contributed by atoms with Gasteiger partial charge in [0.05, 0.1) is 0 Å². The van der Waals surface area contributed by atoms with E-state index in [2.05, 4.69) is 20.9 Å². The summed E-state index contributed by atoms with van der Waals surface area (Å²) in [5.41, 5.74) is 0. The highest BCUT2D eigenvalue weighted by molar-refractivity contribution is 14.0. The fourth-order valence-electron chi connectivity index (χ4n) is 1.42. The summed E-state index contributed by atoms with van der Waals surface area (Å²) in [6.45, 7) is 4.45.